The molecule has 1 fully saturated rings. The number of aromatic nitrogens is 2. The van der Waals surface area contributed by atoms with Crippen molar-refractivity contribution < 1.29 is 10.2 Å². The molecule has 0 spiro atoms. The van der Waals surface area contributed by atoms with Gasteiger partial charge in [-0.25, -0.2) is 9.97 Å². The molecule has 6 heteroatoms. The van der Waals surface area contributed by atoms with Gasteiger partial charge in [-0.15, -0.1) is 0 Å². The smallest absolute Gasteiger partial charge is 0.140 e. The van der Waals surface area contributed by atoms with Gasteiger partial charge in [0.1, 0.15) is 17.3 Å². The van der Waals surface area contributed by atoms with Crippen molar-refractivity contribution in [3.63, 3.8) is 0 Å². The van der Waals surface area contributed by atoms with Crippen molar-refractivity contribution in [3.8, 4) is 0 Å². The van der Waals surface area contributed by atoms with Crippen molar-refractivity contribution in [2.75, 3.05) is 18.1 Å². The molecular formula is C10H14ClN3O2. The van der Waals surface area contributed by atoms with Crippen LogP contribution in [0.2, 0.25) is 5.15 Å². The van der Waals surface area contributed by atoms with Crippen LogP contribution in [0.1, 0.15) is 18.4 Å². The van der Waals surface area contributed by atoms with Gasteiger partial charge in [0.15, 0.2) is 0 Å². The molecule has 88 valence electrons. The van der Waals surface area contributed by atoms with Crippen molar-refractivity contribution in [2.45, 2.75) is 25.5 Å². The molecule has 0 amide bonds. The van der Waals surface area contributed by atoms with E-state index in [2.05, 4.69) is 9.97 Å². The van der Waals surface area contributed by atoms with E-state index in [0.29, 0.717) is 24.0 Å². The van der Waals surface area contributed by atoms with Gasteiger partial charge in [0.25, 0.3) is 0 Å². The summed E-state index contributed by atoms with van der Waals surface area (Å²) in [6.45, 7) is 0.373. The molecule has 0 aliphatic heterocycles. The summed E-state index contributed by atoms with van der Waals surface area (Å²) in [5, 5.41) is 18.6. The van der Waals surface area contributed by atoms with E-state index in [4.69, 9.17) is 16.7 Å². The Labute approximate surface area is 98.7 Å². The number of anilines is 1. The molecule has 0 atom stereocenters. The van der Waals surface area contributed by atoms with Crippen LogP contribution in [0.15, 0.2) is 6.33 Å². The maximum Gasteiger partial charge on any atom is 0.140 e. The predicted octanol–water partition coefficient (Wildman–Crippen LogP) is 0.583. The first-order chi connectivity index (χ1) is 7.77. The third kappa shape index (κ3) is 2.26. The van der Waals surface area contributed by atoms with Crippen LogP contribution in [0.4, 0.5) is 5.82 Å². The van der Waals surface area contributed by atoms with E-state index in [-0.39, 0.29) is 18.4 Å². The molecule has 5 nitrogen and oxygen atoms in total. The number of hydrogen-bond donors (Lipinski definition) is 2. The first kappa shape index (κ1) is 11.6. The SMILES string of the molecule is OCCN(c1ncnc(Cl)c1CO)C1CC1. The minimum atomic E-state index is -0.191. The van der Waals surface area contributed by atoms with E-state index in [1.54, 1.807) is 0 Å². The summed E-state index contributed by atoms with van der Waals surface area (Å²) in [5.74, 6) is 0.638. The Bertz CT molecular complexity index is 371. The summed E-state index contributed by atoms with van der Waals surface area (Å²) in [5.41, 5.74) is 0.532. The summed E-state index contributed by atoms with van der Waals surface area (Å²) in [7, 11) is 0. The van der Waals surface area contributed by atoms with Crippen molar-refractivity contribution in [2.24, 2.45) is 0 Å². The van der Waals surface area contributed by atoms with Gasteiger partial charge in [-0.2, -0.15) is 0 Å². The summed E-state index contributed by atoms with van der Waals surface area (Å²) < 4.78 is 0. The quantitative estimate of drug-likeness (QED) is 0.741. The lowest BCUT2D eigenvalue weighted by Crippen LogP contribution is -2.31. The average Bonchev–Trinajstić information content (AvgIpc) is 3.09. The highest BCUT2D eigenvalue weighted by Gasteiger charge is 2.31. The number of nitrogens with zero attached hydrogens (tertiary/aromatic N) is 3. The highest BCUT2D eigenvalue weighted by molar-refractivity contribution is 6.30. The second kappa shape index (κ2) is 4.95. The molecule has 1 aromatic heterocycles. The second-order valence-electron chi connectivity index (χ2n) is 3.77. The fraction of sp³-hybridized carbons (Fsp3) is 0.600. The topological polar surface area (TPSA) is 69.5 Å². The molecule has 2 rings (SSSR count). The molecule has 1 aliphatic carbocycles. The predicted molar refractivity (Wildman–Crippen MR) is 60.4 cm³/mol. The van der Waals surface area contributed by atoms with Crippen LogP contribution in [0, 0.1) is 0 Å². The van der Waals surface area contributed by atoms with E-state index in [0.717, 1.165) is 12.8 Å². The molecule has 1 saturated carbocycles. The zero-order chi connectivity index (χ0) is 11.5. The number of aliphatic hydroxyl groups excluding tert-OH is 2. The van der Waals surface area contributed by atoms with Crippen LogP contribution in [0.3, 0.4) is 0 Å². The summed E-state index contributed by atoms with van der Waals surface area (Å²) in [4.78, 5) is 9.97. The molecule has 16 heavy (non-hydrogen) atoms. The fourth-order valence-corrected chi connectivity index (χ4v) is 1.91. The minimum Gasteiger partial charge on any atom is -0.395 e. The van der Waals surface area contributed by atoms with Crippen molar-refractivity contribution in [1.82, 2.24) is 9.97 Å². The Hall–Kier alpha value is -0.910. The fourth-order valence-electron chi connectivity index (χ4n) is 1.72. The van der Waals surface area contributed by atoms with E-state index in [9.17, 15) is 5.11 Å². The Morgan fingerprint density at radius 3 is 2.69 bits per heavy atom. The Balaban J connectivity index is 2.32. The van der Waals surface area contributed by atoms with E-state index in [1.165, 1.54) is 6.33 Å². The Kier molecular flexibility index (Phi) is 3.58. The molecule has 0 bridgehead atoms. The molecule has 2 N–H and O–H groups in total. The minimum absolute atomic E-state index is 0.0585. The van der Waals surface area contributed by atoms with Crippen LogP contribution in [0.25, 0.3) is 0 Å². The van der Waals surface area contributed by atoms with Crippen molar-refractivity contribution in [1.29, 1.82) is 0 Å². The van der Waals surface area contributed by atoms with Gasteiger partial charge in [0.2, 0.25) is 0 Å². The maximum atomic E-state index is 9.26. The average molecular weight is 244 g/mol. The van der Waals surface area contributed by atoms with E-state index < -0.39 is 0 Å². The number of aliphatic hydroxyl groups is 2. The molecule has 1 aliphatic rings. The normalized spacial score (nSPS) is 15.2. The maximum absolute atomic E-state index is 9.26. The molecule has 1 heterocycles. The summed E-state index contributed by atoms with van der Waals surface area (Å²) in [6, 6.07) is 0.406. The lowest BCUT2D eigenvalue weighted by molar-refractivity contribution is 0.279. The van der Waals surface area contributed by atoms with Gasteiger partial charge in [-0.3, -0.25) is 0 Å². The van der Waals surface area contributed by atoms with Gasteiger partial charge >= 0.3 is 0 Å². The van der Waals surface area contributed by atoms with Crippen LogP contribution in [0.5, 0.6) is 0 Å². The standard InChI is InChI=1S/C10H14ClN3O2/c11-9-8(5-16)10(13-6-12-9)14(3-4-15)7-1-2-7/h6-7,15-16H,1-5H2. The first-order valence-electron chi connectivity index (χ1n) is 5.25. The van der Waals surface area contributed by atoms with Crippen LogP contribution in [-0.2, 0) is 6.61 Å². The van der Waals surface area contributed by atoms with Crippen LogP contribution < -0.4 is 4.90 Å². The van der Waals surface area contributed by atoms with Crippen molar-refractivity contribution in [3.05, 3.63) is 17.0 Å². The van der Waals surface area contributed by atoms with Gasteiger partial charge in [0, 0.05) is 12.6 Å². The monoisotopic (exact) mass is 243 g/mol. The molecule has 0 radical (unpaired) electrons. The number of rotatable bonds is 5. The van der Waals surface area contributed by atoms with Crippen LogP contribution in [-0.4, -0.2) is 39.4 Å². The number of hydrogen-bond acceptors (Lipinski definition) is 5. The largest absolute Gasteiger partial charge is 0.395 e. The van der Waals surface area contributed by atoms with Gasteiger partial charge < -0.3 is 15.1 Å². The third-order valence-electron chi connectivity index (χ3n) is 2.63. The Morgan fingerprint density at radius 1 is 1.38 bits per heavy atom. The highest BCUT2D eigenvalue weighted by atomic mass is 35.5. The van der Waals surface area contributed by atoms with Gasteiger partial charge in [0.05, 0.1) is 18.8 Å². The number of halogens is 1. The second-order valence-corrected chi connectivity index (χ2v) is 4.13. The van der Waals surface area contributed by atoms with Gasteiger partial charge in [-0.05, 0) is 12.8 Å². The van der Waals surface area contributed by atoms with Gasteiger partial charge in [-0.1, -0.05) is 11.6 Å². The molecular weight excluding hydrogens is 230 g/mol. The molecule has 1 aromatic rings. The zero-order valence-corrected chi connectivity index (χ0v) is 9.56. The summed E-state index contributed by atoms with van der Waals surface area (Å²) in [6.07, 6.45) is 3.56. The van der Waals surface area contributed by atoms with Crippen molar-refractivity contribution >= 4 is 17.4 Å². The lowest BCUT2D eigenvalue weighted by atomic mass is 10.3. The molecule has 0 aromatic carbocycles. The lowest BCUT2D eigenvalue weighted by Gasteiger charge is -2.24. The highest BCUT2D eigenvalue weighted by Crippen LogP contribution is 2.33. The first-order valence-corrected chi connectivity index (χ1v) is 5.63. The molecule has 0 saturated heterocycles. The van der Waals surface area contributed by atoms with Crippen LogP contribution >= 0.6 is 11.6 Å². The zero-order valence-electron chi connectivity index (χ0n) is 8.80. The third-order valence-corrected chi connectivity index (χ3v) is 2.95. The summed E-state index contributed by atoms with van der Waals surface area (Å²) >= 11 is 5.90. The molecule has 0 unspecified atom stereocenters. The Morgan fingerprint density at radius 2 is 2.12 bits per heavy atom. The van der Waals surface area contributed by atoms with E-state index >= 15 is 0 Å². The van der Waals surface area contributed by atoms with E-state index in [1.807, 2.05) is 4.90 Å².